The number of hydrogen-bond donors (Lipinski definition) is 0. The number of ether oxygens (including phenoxy) is 1. The van der Waals surface area contributed by atoms with E-state index < -0.39 is 5.97 Å². The van der Waals surface area contributed by atoms with Crippen molar-refractivity contribution in [2.75, 3.05) is 20.2 Å². The van der Waals surface area contributed by atoms with Gasteiger partial charge in [0.15, 0.2) is 0 Å². The minimum Gasteiger partial charge on any atom is -0.459 e. The molecule has 0 radical (unpaired) electrons. The molecule has 0 bridgehead atoms. The Kier molecular flexibility index (Phi) is 4.38. The molecule has 1 heterocycles. The molecule has 1 aliphatic rings. The van der Waals surface area contributed by atoms with Crippen LogP contribution in [0.3, 0.4) is 0 Å². The van der Waals surface area contributed by atoms with Crippen LogP contribution >= 0.6 is 0 Å². The van der Waals surface area contributed by atoms with E-state index in [1.165, 1.54) is 38.6 Å². The molecule has 0 spiro atoms. The molecular weight excluding hydrogens is 226 g/mol. The summed E-state index contributed by atoms with van der Waals surface area (Å²) in [5, 5.41) is 0. The number of nitrogens with zero attached hydrogens (tertiary/aromatic N) is 1. The zero-order chi connectivity index (χ0) is 12.8. The minimum absolute atomic E-state index is 0.500. The predicted octanol–water partition coefficient (Wildman–Crippen LogP) is 1.81. The van der Waals surface area contributed by atoms with E-state index in [-0.39, 0.29) is 0 Å². The average Bonchev–Trinajstić information content (AvgIpc) is 2.89. The van der Waals surface area contributed by atoms with Gasteiger partial charge in [-0.15, -0.1) is 0 Å². The maximum absolute atomic E-state index is 10.9. The monoisotopic (exact) mass is 243 g/mol. The first-order valence-electron chi connectivity index (χ1n) is 6.19. The van der Waals surface area contributed by atoms with Gasteiger partial charge in [0.25, 0.3) is 0 Å². The molecule has 18 heavy (non-hydrogen) atoms. The van der Waals surface area contributed by atoms with Gasteiger partial charge in [0.2, 0.25) is 0 Å². The van der Waals surface area contributed by atoms with Crippen molar-refractivity contribution in [2.24, 2.45) is 0 Å². The lowest BCUT2D eigenvalue weighted by molar-refractivity contribution is -0.133. The van der Waals surface area contributed by atoms with E-state index in [9.17, 15) is 4.79 Å². The van der Waals surface area contributed by atoms with Crippen LogP contribution in [0.25, 0.3) is 0 Å². The number of likely N-dealkylation sites (tertiary alicyclic amines) is 1. The van der Waals surface area contributed by atoms with E-state index >= 15 is 0 Å². The summed E-state index contributed by atoms with van der Waals surface area (Å²) in [6.07, 6.45) is 2.59. The second kappa shape index (κ2) is 6.23. The highest BCUT2D eigenvalue weighted by atomic mass is 16.5. The van der Waals surface area contributed by atoms with Crippen LogP contribution in [0, 0.1) is 11.8 Å². The van der Waals surface area contributed by atoms with Crippen molar-refractivity contribution in [1.82, 2.24) is 4.90 Å². The van der Waals surface area contributed by atoms with Crippen LogP contribution in [0.4, 0.5) is 0 Å². The molecule has 1 aliphatic heterocycles. The lowest BCUT2D eigenvalue weighted by atomic mass is 10.1. The summed E-state index contributed by atoms with van der Waals surface area (Å²) < 4.78 is 4.49. The van der Waals surface area contributed by atoms with Crippen LogP contribution in [0.2, 0.25) is 0 Å². The van der Waals surface area contributed by atoms with E-state index in [0.717, 1.165) is 12.1 Å². The maximum atomic E-state index is 10.9. The SMILES string of the molecule is COC(=O)C#Cc1cccc(CN2CCCC2)c1. The van der Waals surface area contributed by atoms with Gasteiger partial charge in [0.1, 0.15) is 0 Å². The third-order valence-corrected chi connectivity index (χ3v) is 3.03. The number of hydrogen-bond acceptors (Lipinski definition) is 3. The van der Waals surface area contributed by atoms with E-state index in [1.54, 1.807) is 0 Å². The van der Waals surface area contributed by atoms with Crippen molar-refractivity contribution in [3.05, 3.63) is 35.4 Å². The first-order valence-corrected chi connectivity index (χ1v) is 6.19. The highest BCUT2D eigenvalue weighted by Gasteiger charge is 2.11. The Morgan fingerprint density at radius 1 is 1.39 bits per heavy atom. The molecule has 0 N–H and O–H groups in total. The second-order valence-corrected chi connectivity index (χ2v) is 4.43. The Morgan fingerprint density at radius 2 is 2.17 bits per heavy atom. The Balaban J connectivity index is 2.04. The van der Waals surface area contributed by atoms with Crippen molar-refractivity contribution in [3.8, 4) is 11.8 Å². The largest absolute Gasteiger partial charge is 0.459 e. The number of benzene rings is 1. The second-order valence-electron chi connectivity index (χ2n) is 4.43. The van der Waals surface area contributed by atoms with Gasteiger partial charge >= 0.3 is 5.97 Å². The van der Waals surface area contributed by atoms with E-state index in [4.69, 9.17) is 0 Å². The summed E-state index contributed by atoms with van der Waals surface area (Å²) in [5.74, 6) is 4.76. The van der Waals surface area contributed by atoms with Crippen molar-refractivity contribution in [2.45, 2.75) is 19.4 Å². The quantitative estimate of drug-likeness (QED) is 0.586. The highest BCUT2D eigenvalue weighted by Crippen LogP contribution is 2.13. The molecule has 1 aromatic carbocycles. The standard InChI is InChI=1S/C15H17NO2/c1-18-15(17)8-7-13-5-4-6-14(11-13)12-16-9-2-3-10-16/h4-6,11H,2-3,9-10,12H2,1H3. The Morgan fingerprint density at radius 3 is 2.89 bits per heavy atom. The number of carbonyl (C=O) groups excluding carboxylic acids is 1. The summed E-state index contributed by atoms with van der Waals surface area (Å²) in [7, 11) is 1.33. The van der Waals surface area contributed by atoms with E-state index in [1.807, 2.05) is 18.2 Å². The third-order valence-electron chi connectivity index (χ3n) is 3.03. The highest BCUT2D eigenvalue weighted by molar-refractivity contribution is 5.88. The number of rotatable bonds is 2. The molecule has 0 unspecified atom stereocenters. The number of carbonyl (C=O) groups is 1. The predicted molar refractivity (Wildman–Crippen MR) is 69.8 cm³/mol. The van der Waals surface area contributed by atoms with Gasteiger partial charge in [-0.3, -0.25) is 4.90 Å². The van der Waals surface area contributed by atoms with Crippen LogP contribution in [0.15, 0.2) is 24.3 Å². The fraction of sp³-hybridized carbons (Fsp3) is 0.400. The fourth-order valence-electron chi connectivity index (χ4n) is 2.12. The third kappa shape index (κ3) is 3.61. The van der Waals surface area contributed by atoms with Crippen molar-refractivity contribution in [3.63, 3.8) is 0 Å². The van der Waals surface area contributed by atoms with Gasteiger partial charge in [-0.1, -0.05) is 18.1 Å². The molecular formula is C15H17NO2. The van der Waals surface area contributed by atoms with Crippen molar-refractivity contribution >= 4 is 5.97 Å². The lowest BCUT2D eigenvalue weighted by Gasteiger charge is -2.14. The zero-order valence-electron chi connectivity index (χ0n) is 10.6. The van der Waals surface area contributed by atoms with Gasteiger partial charge in [-0.05, 0) is 43.6 Å². The Labute approximate surface area is 108 Å². The van der Waals surface area contributed by atoms with Gasteiger partial charge < -0.3 is 4.74 Å². The van der Waals surface area contributed by atoms with Gasteiger partial charge in [-0.25, -0.2) is 4.79 Å². The van der Waals surface area contributed by atoms with Gasteiger partial charge in [0.05, 0.1) is 7.11 Å². The average molecular weight is 243 g/mol. The van der Waals surface area contributed by atoms with Crippen molar-refractivity contribution < 1.29 is 9.53 Å². The molecule has 94 valence electrons. The molecule has 2 rings (SSSR count). The summed E-state index contributed by atoms with van der Waals surface area (Å²) in [5.41, 5.74) is 2.10. The van der Waals surface area contributed by atoms with E-state index in [0.29, 0.717) is 0 Å². The summed E-state index contributed by atoms with van der Waals surface area (Å²) >= 11 is 0. The maximum Gasteiger partial charge on any atom is 0.384 e. The first-order chi connectivity index (χ1) is 8.78. The van der Waals surface area contributed by atoms with Crippen LogP contribution in [-0.4, -0.2) is 31.1 Å². The van der Waals surface area contributed by atoms with Crippen LogP contribution in [0.1, 0.15) is 24.0 Å². The van der Waals surface area contributed by atoms with Crippen LogP contribution in [-0.2, 0) is 16.1 Å². The lowest BCUT2D eigenvalue weighted by Crippen LogP contribution is -2.18. The zero-order valence-corrected chi connectivity index (χ0v) is 10.6. The van der Waals surface area contributed by atoms with Crippen molar-refractivity contribution in [1.29, 1.82) is 0 Å². The van der Waals surface area contributed by atoms with Gasteiger partial charge in [-0.2, -0.15) is 0 Å². The van der Waals surface area contributed by atoms with Gasteiger partial charge in [0, 0.05) is 18.0 Å². The fourth-order valence-corrected chi connectivity index (χ4v) is 2.12. The molecule has 3 heteroatoms. The molecule has 1 saturated heterocycles. The molecule has 1 aromatic rings. The normalized spacial score (nSPS) is 14.9. The number of methoxy groups -OCH3 is 1. The summed E-state index contributed by atoms with van der Waals surface area (Å²) in [4.78, 5) is 13.4. The Bertz CT molecular complexity index is 479. The first kappa shape index (κ1) is 12.7. The van der Waals surface area contributed by atoms with E-state index in [2.05, 4.69) is 27.5 Å². The topological polar surface area (TPSA) is 29.5 Å². The smallest absolute Gasteiger partial charge is 0.384 e. The molecule has 0 aliphatic carbocycles. The molecule has 3 nitrogen and oxygen atoms in total. The number of esters is 1. The molecule has 0 saturated carbocycles. The Hall–Kier alpha value is -1.79. The molecule has 0 aromatic heterocycles. The molecule has 1 fully saturated rings. The van der Waals surface area contributed by atoms with Crippen LogP contribution < -0.4 is 0 Å². The van der Waals surface area contributed by atoms with Crippen LogP contribution in [0.5, 0.6) is 0 Å². The summed E-state index contributed by atoms with van der Waals surface area (Å²) in [6, 6.07) is 8.02. The summed E-state index contributed by atoms with van der Waals surface area (Å²) in [6.45, 7) is 3.32. The minimum atomic E-state index is -0.500. The molecule has 0 amide bonds. The molecule has 0 atom stereocenters.